The molecule has 2 aromatic heterocycles. The largest absolute Gasteiger partial charge is 0.324 e. The van der Waals surface area contributed by atoms with Gasteiger partial charge >= 0.3 is 0 Å². The molecule has 5 heteroatoms. The summed E-state index contributed by atoms with van der Waals surface area (Å²) in [6.45, 7) is 0.00267. The molecule has 0 amide bonds. The van der Waals surface area contributed by atoms with Crippen molar-refractivity contribution >= 4 is 27.2 Å². The van der Waals surface area contributed by atoms with Crippen LogP contribution in [-0.4, -0.2) is 21.9 Å². The van der Waals surface area contributed by atoms with Crippen molar-refractivity contribution in [1.82, 2.24) is 9.61 Å². The Bertz CT molecular complexity index is 492. The maximum atomic E-state index is 11.4. The number of ketones is 1. The van der Waals surface area contributed by atoms with Crippen LogP contribution < -0.4 is 5.73 Å². The highest BCUT2D eigenvalue weighted by atomic mass is 79.9. The van der Waals surface area contributed by atoms with Crippen LogP contribution in [0.3, 0.4) is 0 Å². The van der Waals surface area contributed by atoms with Crippen molar-refractivity contribution in [3.8, 4) is 0 Å². The van der Waals surface area contributed by atoms with E-state index >= 15 is 0 Å². The topological polar surface area (TPSA) is 60.4 Å². The lowest BCUT2D eigenvalue weighted by Gasteiger charge is -1.98. The minimum atomic E-state index is -0.105. The first-order valence-electron chi connectivity index (χ1n) is 4.09. The van der Waals surface area contributed by atoms with E-state index < -0.39 is 0 Å². The Labute approximate surface area is 88.8 Å². The van der Waals surface area contributed by atoms with Crippen LogP contribution >= 0.6 is 15.9 Å². The third-order valence-corrected chi connectivity index (χ3v) is 2.62. The van der Waals surface area contributed by atoms with Gasteiger partial charge in [0.15, 0.2) is 5.78 Å². The lowest BCUT2D eigenvalue weighted by atomic mass is 10.2. The molecule has 14 heavy (non-hydrogen) atoms. The average molecular weight is 254 g/mol. The average Bonchev–Trinajstić information content (AvgIpc) is 2.62. The first kappa shape index (κ1) is 9.36. The van der Waals surface area contributed by atoms with E-state index in [1.807, 2.05) is 12.1 Å². The summed E-state index contributed by atoms with van der Waals surface area (Å²) >= 11 is 3.37. The summed E-state index contributed by atoms with van der Waals surface area (Å²) in [7, 11) is 0. The zero-order chi connectivity index (χ0) is 10.1. The number of hydrogen-bond donors (Lipinski definition) is 1. The first-order chi connectivity index (χ1) is 6.74. The van der Waals surface area contributed by atoms with Crippen molar-refractivity contribution in [3.63, 3.8) is 0 Å². The minimum Gasteiger partial charge on any atom is -0.324 e. The second-order valence-corrected chi connectivity index (χ2v) is 3.69. The Balaban J connectivity index is 2.73. The molecule has 0 fully saturated rings. The van der Waals surface area contributed by atoms with Gasteiger partial charge < -0.3 is 5.73 Å². The molecule has 0 radical (unpaired) electrons. The van der Waals surface area contributed by atoms with E-state index in [0.717, 1.165) is 9.99 Å². The minimum absolute atomic E-state index is 0.00267. The fraction of sp³-hybridized carbons (Fsp3) is 0.111. The maximum Gasteiger partial charge on any atom is 0.180 e. The van der Waals surface area contributed by atoms with Crippen molar-refractivity contribution < 1.29 is 4.79 Å². The number of halogens is 1. The Morgan fingerprint density at radius 2 is 2.43 bits per heavy atom. The van der Waals surface area contributed by atoms with Gasteiger partial charge in [-0.05, 0) is 28.1 Å². The Kier molecular flexibility index (Phi) is 2.35. The van der Waals surface area contributed by atoms with Gasteiger partial charge in [-0.25, -0.2) is 4.52 Å². The Morgan fingerprint density at radius 3 is 3.14 bits per heavy atom. The van der Waals surface area contributed by atoms with Gasteiger partial charge in [-0.15, -0.1) is 0 Å². The fourth-order valence-corrected chi connectivity index (χ4v) is 1.86. The van der Waals surface area contributed by atoms with Gasteiger partial charge in [0, 0.05) is 10.7 Å². The van der Waals surface area contributed by atoms with Gasteiger partial charge in [0.2, 0.25) is 0 Å². The van der Waals surface area contributed by atoms with Crippen molar-refractivity contribution in [2.24, 2.45) is 5.73 Å². The van der Waals surface area contributed by atoms with Gasteiger partial charge in [-0.3, -0.25) is 4.79 Å². The highest BCUT2D eigenvalue weighted by Gasteiger charge is 2.12. The number of carbonyl (C=O) groups excluding carboxylic acids is 1. The molecule has 0 bridgehead atoms. The zero-order valence-electron chi connectivity index (χ0n) is 7.27. The van der Waals surface area contributed by atoms with Crippen molar-refractivity contribution in [2.45, 2.75) is 0 Å². The predicted octanol–water partition coefficient (Wildman–Crippen LogP) is 1.24. The number of carbonyl (C=O) groups is 1. The van der Waals surface area contributed by atoms with Crippen LogP contribution in [0.15, 0.2) is 29.0 Å². The number of nitrogens with two attached hydrogens (primary N) is 1. The molecule has 0 unspecified atom stereocenters. The number of fused-ring (bicyclic) bond motifs is 1. The first-order valence-corrected chi connectivity index (χ1v) is 4.88. The summed E-state index contributed by atoms with van der Waals surface area (Å²) < 4.78 is 2.49. The van der Waals surface area contributed by atoms with Crippen molar-refractivity contribution in [1.29, 1.82) is 0 Å². The molecule has 2 rings (SSSR count). The van der Waals surface area contributed by atoms with E-state index in [0.29, 0.717) is 5.56 Å². The van der Waals surface area contributed by atoms with E-state index in [1.54, 1.807) is 10.7 Å². The number of hydrogen-bond acceptors (Lipinski definition) is 3. The van der Waals surface area contributed by atoms with Crippen LogP contribution in [0.2, 0.25) is 0 Å². The van der Waals surface area contributed by atoms with Crippen LogP contribution in [-0.2, 0) is 0 Å². The third kappa shape index (κ3) is 1.34. The molecule has 4 nitrogen and oxygen atoms in total. The second kappa shape index (κ2) is 3.51. The predicted molar refractivity (Wildman–Crippen MR) is 56.3 cm³/mol. The highest BCUT2D eigenvalue weighted by Crippen LogP contribution is 2.21. The van der Waals surface area contributed by atoms with E-state index in [2.05, 4.69) is 21.0 Å². The summed E-state index contributed by atoms with van der Waals surface area (Å²) in [6, 6.07) is 3.71. The Hall–Kier alpha value is -1.20. The number of aromatic nitrogens is 2. The van der Waals surface area contributed by atoms with Gasteiger partial charge in [0.1, 0.15) is 0 Å². The Morgan fingerprint density at radius 1 is 1.64 bits per heavy atom. The second-order valence-electron chi connectivity index (χ2n) is 2.83. The van der Waals surface area contributed by atoms with Gasteiger partial charge in [-0.2, -0.15) is 5.10 Å². The van der Waals surface area contributed by atoms with E-state index in [4.69, 9.17) is 5.73 Å². The van der Waals surface area contributed by atoms with Crippen LogP contribution in [0, 0.1) is 0 Å². The summed E-state index contributed by atoms with van der Waals surface area (Å²) in [5.74, 6) is -0.105. The smallest absolute Gasteiger partial charge is 0.180 e. The summed E-state index contributed by atoms with van der Waals surface area (Å²) in [4.78, 5) is 11.4. The van der Waals surface area contributed by atoms with Gasteiger partial charge in [0.05, 0.1) is 23.8 Å². The molecule has 0 saturated heterocycles. The fourth-order valence-electron chi connectivity index (χ4n) is 1.32. The molecule has 0 saturated carbocycles. The molecule has 2 aromatic rings. The number of rotatable bonds is 2. The summed E-state index contributed by atoms with van der Waals surface area (Å²) in [5, 5.41) is 4.06. The van der Waals surface area contributed by atoms with E-state index in [1.165, 1.54) is 6.20 Å². The molecule has 0 aliphatic heterocycles. The van der Waals surface area contributed by atoms with Crippen molar-refractivity contribution in [2.75, 3.05) is 6.54 Å². The maximum absolute atomic E-state index is 11.4. The van der Waals surface area contributed by atoms with E-state index in [-0.39, 0.29) is 12.3 Å². The molecule has 0 spiro atoms. The zero-order valence-corrected chi connectivity index (χ0v) is 8.86. The molecule has 0 atom stereocenters. The van der Waals surface area contributed by atoms with Crippen LogP contribution in [0.4, 0.5) is 0 Å². The quantitative estimate of drug-likeness (QED) is 0.820. The molecular weight excluding hydrogens is 246 g/mol. The van der Waals surface area contributed by atoms with Crippen LogP contribution in [0.1, 0.15) is 10.4 Å². The number of pyridine rings is 1. The molecule has 2 heterocycles. The molecule has 2 N–H and O–H groups in total. The van der Waals surface area contributed by atoms with Crippen LogP contribution in [0.5, 0.6) is 0 Å². The molecular formula is C9H8BrN3O. The molecule has 72 valence electrons. The van der Waals surface area contributed by atoms with Gasteiger partial charge in [0.25, 0.3) is 0 Å². The highest BCUT2D eigenvalue weighted by molar-refractivity contribution is 9.10. The van der Waals surface area contributed by atoms with E-state index in [9.17, 15) is 4.79 Å². The lowest BCUT2D eigenvalue weighted by Crippen LogP contribution is -2.13. The number of Topliss-reactive ketones (excluding diaryl/α,β-unsaturated/α-hetero) is 1. The van der Waals surface area contributed by atoms with Crippen molar-refractivity contribution in [3.05, 3.63) is 34.6 Å². The van der Waals surface area contributed by atoms with Gasteiger partial charge in [-0.1, -0.05) is 0 Å². The lowest BCUT2D eigenvalue weighted by molar-refractivity contribution is 0.100. The third-order valence-electron chi connectivity index (χ3n) is 1.98. The standard InChI is InChI=1S/C9H8BrN3O/c10-7-2-1-3-13-9(7)6(5-12-13)8(14)4-11/h1-3,5H,4,11H2. The molecule has 0 aromatic carbocycles. The SMILES string of the molecule is NCC(=O)c1cnn2cccc(Br)c12. The monoisotopic (exact) mass is 253 g/mol. The van der Waals surface area contributed by atoms with Crippen LogP contribution in [0.25, 0.3) is 5.52 Å². The molecule has 0 aliphatic rings. The molecule has 0 aliphatic carbocycles. The summed E-state index contributed by atoms with van der Waals surface area (Å²) in [6.07, 6.45) is 3.32. The number of nitrogens with zero attached hydrogens (tertiary/aromatic N) is 2. The normalized spacial score (nSPS) is 10.7. The summed E-state index contributed by atoms with van der Waals surface area (Å²) in [5.41, 5.74) is 6.62.